The topological polar surface area (TPSA) is 106 Å². The molecule has 9 nitrogen and oxygen atoms in total. The summed E-state index contributed by atoms with van der Waals surface area (Å²) in [5.41, 5.74) is 0.950. The lowest BCUT2D eigenvalue weighted by molar-refractivity contribution is 0.0753. The number of aromatic nitrogens is 4. The number of hydrogen-bond acceptors (Lipinski definition) is 8. The fourth-order valence-electron chi connectivity index (χ4n) is 3.54. The third-order valence-electron chi connectivity index (χ3n) is 5.23. The zero-order chi connectivity index (χ0) is 22.0. The molecule has 1 aliphatic heterocycles. The van der Waals surface area contributed by atoms with Gasteiger partial charge in [0.2, 0.25) is 0 Å². The molecular formula is C20H24N6O3S2. The summed E-state index contributed by atoms with van der Waals surface area (Å²) in [6.45, 7) is 5.70. The summed E-state index contributed by atoms with van der Waals surface area (Å²) in [5, 5.41) is 13.6. The number of rotatable bonds is 6. The molecule has 0 aliphatic carbocycles. The summed E-state index contributed by atoms with van der Waals surface area (Å²) in [6, 6.07) is 1.31. The van der Waals surface area contributed by atoms with Gasteiger partial charge in [-0.1, -0.05) is 25.6 Å². The zero-order valence-electron chi connectivity index (χ0n) is 17.6. The van der Waals surface area contributed by atoms with Gasteiger partial charge in [-0.15, -0.1) is 21.5 Å². The van der Waals surface area contributed by atoms with Crippen molar-refractivity contribution in [3.63, 3.8) is 0 Å². The first-order valence-electron chi connectivity index (χ1n) is 10.0. The Bertz CT molecular complexity index is 1060. The van der Waals surface area contributed by atoms with Gasteiger partial charge in [0.05, 0.1) is 17.9 Å². The van der Waals surface area contributed by atoms with Crippen molar-refractivity contribution >= 4 is 34.9 Å². The Morgan fingerprint density at radius 1 is 1.26 bits per heavy atom. The van der Waals surface area contributed by atoms with E-state index in [2.05, 4.69) is 20.5 Å². The summed E-state index contributed by atoms with van der Waals surface area (Å²) in [5.74, 6) is 1.34. The molecule has 1 N–H and O–H groups in total. The molecule has 2 amide bonds. The van der Waals surface area contributed by atoms with Crippen LogP contribution in [0.5, 0.6) is 0 Å². The SMILES string of the molecule is CSc1nc(C(=O)N2CCc3nnc([C@H](NC(=O)c4ccoc4)C(C)C)n3CC2)cs1. The lowest BCUT2D eigenvalue weighted by Gasteiger charge is -2.23. The summed E-state index contributed by atoms with van der Waals surface area (Å²) < 4.78 is 7.93. The van der Waals surface area contributed by atoms with Crippen molar-refractivity contribution in [1.82, 2.24) is 30.0 Å². The highest BCUT2D eigenvalue weighted by molar-refractivity contribution is 8.00. The normalized spacial score (nSPS) is 14.9. The van der Waals surface area contributed by atoms with E-state index in [1.165, 1.54) is 35.6 Å². The van der Waals surface area contributed by atoms with Crippen LogP contribution in [0.3, 0.4) is 0 Å². The first-order valence-corrected chi connectivity index (χ1v) is 12.1. The number of thiazole rings is 1. The van der Waals surface area contributed by atoms with Gasteiger partial charge in [-0.05, 0) is 18.2 Å². The van der Waals surface area contributed by atoms with Gasteiger partial charge in [0.15, 0.2) is 5.82 Å². The summed E-state index contributed by atoms with van der Waals surface area (Å²) in [6.07, 6.45) is 5.43. The molecule has 0 spiro atoms. The quantitative estimate of drug-likeness (QED) is 0.564. The number of fused-ring (bicyclic) bond motifs is 1. The zero-order valence-corrected chi connectivity index (χ0v) is 19.2. The van der Waals surface area contributed by atoms with Crippen molar-refractivity contribution in [2.45, 2.75) is 37.2 Å². The van der Waals surface area contributed by atoms with Crippen molar-refractivity contribution in [2.75, 3.05) is 19.3 Å². The van der Waals surface area contributed by atoms with Crippen LogP contribution in [0.15, 0.2) is 32.7 Å². The van der Waals surface area contributed by atoms with Crippen LogP contribution >= 0.6 is 23.1 Å². The van der Waals surface area contributed by atoms with Crippen LogP contribution < -0.4 is 5.32 Å². The molecule has 1 aliphatic rings. The molecule has 3 aromatic heterocycles. The third kappa shape index (κ3) is 4.52. The van der Waals surface area contributed by atoms with Gasteiger partial charge in [-0.2, -0.15) is 0 Å². The van der Waals surface area contributed by atoms with Gasteiger partial charge >= 0.3 is 0 Å². The van der Waals surface area contributed by atoms with Crippen LogP contribution in [0, 0.1) is 5.92 Å². The number of amides is 2. The minimum absolute atomic E-state index is 0.0644. The third-order valence-corrected chi connectivity index (χ3v) is 7.10. The van der Waals surface area contributed by atoms with Crippen LogP contribution in [0.4, 0.5) is 0 Å². The fraction of sp³-hybridized carbons (Fsp3) is 0.450. The van der Waals surface area contributed by atoms with Gasteiger partial charge in [0.1, 0.15) is 22.1 Å². The molecule has 0 unspecified atom stereocenters. The molecule has 0 bridgehead atoms. The number of thioether (sulfide) groups is 1. The second-order valence-electron chi connectivity index (χ2n) is 7.58. The maximum Gasteiger partial charge on any atom is 0.273 e. The van der Waals surface area contributed by atoms with Gasteiger partial charge in [0, 0.05) is 31.4 Å². The molecular weight excluding hydrogens is 436 g/mol. The number of carbonyl (C=O) groups excluding carboxylic acids is 2. The maximum atomic E-state index is 12.9. The highest BCUT2D eigenvalue weighted by Crippen LogP contribution is 2.24. The van der Waals surface area contributed by atoms with Crippen molar-refractivity contribution in [2.24, 2.45) is 5.92 Å². The molecule has 4 rings (SSSR count). The second-order valence-corrected chi connectivity index (χ2v) is 9.49. The van der Waals surface area contributed by atoms with E-state index < -0.39 is 0 Å². The van der Waals surface area contributed by atoms with Crippen molar-refractivity contribution in [3.05, 3.63) is 46.9 Å². The molecule has 0 aromatic carbocycles. The maximum absolute atomic E-state index is 12.9. The largest absolute Gasteiger partial charge is 0.472 e. The number of carbonyl (C=O) groups is 2. The predicted molar refractivity (Wildman–Crippen MR) is 117 cm³/mol. The van der Waals surface area contributed by atoms with Crippen LogP contribution in [0.25, 0.3) is 0 Å². The minimum atomic E-state index is -0.312. The van der Waals surface area contributed by atoms with E-state index in [1.54, 1.807) is 6.07 Å². The molecule has 164 valence electrons. The molecule has 3 aromatic rings. The standard InChI is InChI=1S/C20H24N6O3S2/c1-12(2)16(22-18(27)13-5-9-29-10-13)17-24-23-15-4-6-25(7-8-26(15)17)19(28)14-11-31-20(21-14)30-3/h5,9-12,16H,4,6-8H2,1-3H3,(H,22,27)/t16-/m1/s1. The van der Waals surface area contributed by atoms with Crippen LogP contribution in [-0.4, -0.2) is 55.8 Å². The Morgan fingerprint density at radius 3 is 2.77 bits per heavy atom. The predicted octanol–water partition coefficient (Wildman–Crippen LogP) is 2.88. The highest BCUT2D eigenvalue weighted by Gasteiger charge is 2.29. The average Bonchev–Trinajstić information content (AvgIpc) is 3.50. The van der Waals surface area contributed by atoms with Gasteiger partial charge in [-0.3, -0.25) is 9.59 Å². The van der Waals surface area contributed by atoms with Gasteiger partial charge in [-0.25, -0.2) is 4.98 Å². The fourth-order valence-corrected chi connectivity index (χ4v) is 4.77. The molecule has 0 radical (unpaired) electrons. The monoisotopic (exact) mass is 460 g/mol. The van der Waals surface area contributed by atoms with Crippen molar-refractivity contribution in [3.8, 4) is 0 Å². The molecule has 31 heavy (non-hydrogen) atoms. The summed E-state index contributed by atoms with van der Waals surface area (Å²) >= 11 is 3.01. The average molecular weight is 461 g/mol. The van der Waals surface area contributed by atoms with E-state index in [0.29, 0.717) is 43.1 Å². The van der Waals surface area contributed by atoms with Crippen LogP contribution in [0.2, 0.25) is 0 Å². The van der Waals surface area contributed by atoms with E-state index in [9.17, 15) is 9.59 Å². The van der Waals surface area contributed by atoms with E-state index >= 15 is 0 Å². The van der Waals surface area contributed by atoms with Crippen LogP contribution in [-0.2, 0) is 13.0 Å². The van der Waals surface area contributed by atoms with E-state index in [-0.39, 0.29) is 23.8 Å². The second kappa shape index (κ2) is 9.23. The number of hydrogen-bond donors (Lipinski definition) is 1. The smallest absolute Gasteiger partial charge is 0.273 e. The Morgan fingerprint density at radius 2 is 2.10 bits per heavy atom. The lowest BCUT2D eigenvalue weighted by Crippen LogP contribution is -2.35. The van der Waals surface area contributed by atoms with Crippen molar-refractivity contribution in [1.29, 1.82) is 0 Å². The number of nitrogens with one attached hydrogen (secondary N) is 1. The molecule has 4 heterocycles. The molecule has 1 atom stereocenters. The Hall–Kier alpha value is -2.66. The lowest BCUT2D eigenvalue weighted by atomic mass is 10.0. The summed E-state index contributed by atoms with van der Waals surface area (Å²) in [4.78, 5) is 31.7. The Kier molecular flexibility index (Phi) is 6.42. The molecule has 0 saturated heterocycles. The first-order chi connectivity index (χ1) is 15.0. The molecule has 0 fully saturated rings. The van der Waals surface area contributed by atoms with E-state index in [4.69, 9.17) is 4.42 Å². The summed E-state index contributed by atoms with van der Waals surface area (Å²) in [7, 11) is 0. The van der Waals surface area contributed by atoms with Gasteiger partial charge < -0.3 is 19.2 Å². The highest BCUT2D eigenvalue weighted by atomic mass is 32.2. The Balaban J connectivity index is 1.51. The number of nitrogens with zero attached hydrogens (tertiary/aromatic N) is 5. The van der Waals surface area contributed by atoms with Gasteiger partial charge in [0.25, 0.3) is 11.8 Å². The minimum Gasteiger partial charge on any atom is -0.472 e. The van der Waals surface area contributed by atoms with E-state index in [1.807, 2.05) is 35.0 Å². The first kappa shape index (κ1) is 21.6. The van der Waals surface area contributed by atoms with Crippen LogP contribution in [0.1, 0.15) is 52.4 Å². The molecule has 11 heteroatoms. The van der Waals surface area contributed by atoms with E-state index in [0.717, 1.165) is 10.2 Å². The van der Waals surface area contributed by atoms with Crippen molar-refractivity contribution < 1.29 is 14.0 Å². The number of furan rings is 1. The molecule has 0 saturated carbocycles. The Labute approximate surface area is 188 Å².